The topological polar surface area (TPSA) is 88.0 Å². The van der Waals surface area contributed by atoms with Crippen molar-refractivity contribution >= 4 is 11.5 Å². The van der Waals surface area contributed by atoms with E-state index in [1.165, 1.54) is 18.0 Å². The molecular formula is C24H25N3O3. The SMILES string of the molecule is CC(C)(C)c1ccc(/C(=C\[C@H]2CCC(=O)N2)c2ccc(-c3cnoc3)c(=O)[nH]2)cc1. The molecule has 0 unspecified atom stereocenters. The molecule has 30 heavy (non-hydrogen) atoms. The molecule has 4 rings (SSSR count). The Morgan fingerprint density at radius 3 is 2.47 bits per heavy atom. The highest BCUT2D eigenvalue weighted by Gasteiger charge is 2.21. The van der Waals surface area contributed by atoms with Gasteiger partial charge in [-0.3, -0.25) is 9.59 Å². The molecule has 1 saturated heterocycles. The molecule has 1 aliphatic rings. The van der Waals surface area contributed by atoms with Crippen molar-refractivity contribution in [2.24, 2.45) is 0 Å². The number of amides is 1. The Morgan fingerprint density at radius 2 is 1.90 bits per heavy atom. The second kappa shape index (κ2) is 7.78. The molecule has 2 N–H and O–H groups in total. The summed E-state index contributed by atoms with van der Waals surface area (Å²) >= 11 is 0. The van der Waals surface area contributed by atoms with Crippen LogP contribution in [0.5, 0.6) is 0 Å². The summed E-state index contributed by atoms with van der Waals surface area (Å²) in [5, 5.41) is 6.65. The number of rotatable bonds is 4. The van der Waals surface area contributed by atoms with Crippen molar-refractivity contribution in [2.75, 3.05) is 0 Å². The summed E-state index contributed by atoms with van der Waals surface area (Å²) in [6, 6.07) is 11.9. The average molecular weight is 403 g/mol. The molecule has 6 heteroatoms. The number of aromatic nitrogens is 2. The highest BCUT2D eigenvalue weighted by molar-refractivity contribution is 5.82. The molecule has 3 aromatic rings. The van der Waals surface area contributed by atoms with E-state index in [9.17, 15) is 9.59 Å². The predicted octanol–water partition coefficient (Wildman–Crippen LogP) is 4.04. The lowest BCUT2D eigenvalue weighted by atomic mass is 9.86. The van der Waals surface area contributed by atoms with E-state index in [2.05, 4.69) is 60.5 Å². The summed E-state index contributed by atoms with van der Waals surface area (Å²) in [5.41, 5.74) is 4.76. The summed E-state index contributed by atoms with van der Waals surface area (Å²) in [4.78, 5) is 27.4. The predicted molar refractivity (Wildman–Crippen MR) is 116 cm³/mol. The van der Waals surface area contributed by atoms with Gasteiger partial charge in [0.25, 0.3) is 5.56 Å². The molecule has 0 spiro atoms. The van der Waals surface area contributed by atoms with Gasteiger partial charge in [0.05, 0.1) is 11.8 Å². The van der Waals surface area contributed by atoms with Gasteiger partial charge in [0.15, 0.2) is 0 Å². The van der Waals surface area contributed by atoms with E-state index in [0.29, 0.717) is 23.2 Å². The number of carbonyl (C=O) groups excluding carboxylic acids is 1. The zero-order chi connectivity index (χ0) is 21.3. The summed E-state index contributed by atoms with van der Waals surface area (Å²) in [6.07, 6.45) is 6.24. The van der Waals surface area contributed by atoms with Crippen LogP contribution in [0.3, 0.4) is 0 Å². The van der Waals surface area contributed by atoms with Gasteiger partial charge in [0, 0.05) is 29.3 Å². The van der Waals surface area contributed by atoms with Crippen LogP contribution in [0.4, 0.5) is 0 Å². The molecule has 1 aromatic carbocycles. The number of nitrogens with zero attached hydrogens (tertiary/aromatic N) is 1. The van der Waals surface area contributed by atoms with Crippen molar-refractivity contribution in [3.8, 4) is 11.1 Å². The Labute approximate surface area is 175 Å². The van der Waals surface area contributed by atoms with E-state index in [1.54, 1.807) is 6.07 Å². The number of H-pyrrole nitrogens is 1. The van der Waals surface area contributed by atoms with Gasteiger partial charge in [-0.15, -0.1) is 0 Å². The number of nitrogens with one attached hydrogen (secondary N) is 2. The minimum Gasteiger partial charge on any atom is -0.364 e. The zero-order valence-corrected chi connectivity index (χ0v) is 17.4. The minimum absolute atomic E-state index is 0.0509. The van der Waals surface area contributed by atoms with Crippen LogP contribution in [0, 0.1) is 0 Å². The largest absolute Gasteiger partial charge is 0.364 e. The second-order valence-electron chi connectivity index (χ2n) is 8.65. The third-order valence-corrected chi connectivity index (χ3v) is 5.40. The van der Waals surface area contributed by atoms with Gasteiger partial charge >= 0.3 is 0 Å². The summed E-state index contributed by atoms with van der Waals surface area (Å²) in [5.74, 6) is 0.0509. The van der Waals surface area contributed by atoms with Crippen LogP contribution in [0.15, 0.2) is 64.3 Å². The van der Waals surface area contributed by atoms with E-state index in [4.69, 9.17) is 4.52 Å². The van der Waals surface area contributed by atoms with Crippen LogP contribution in [0.25, 0.3) is 16.7 Å². The van der Waals surface area contributed by atoms with Crippen LogP contribution < -0.4 is 10.9 Å². The molecule has 0 aliphatic carbocycles. The first kappa shape index (κ1) is 19.9. The smallest absolute Gasteiger partial charge is 0.256 e. The first-order valence-corrected chi connectivity index (χ1v) is 10.1. The number of carbonyl (C=O) groups is 1. The Balaban J connectivity index is 1.76. The molecule has 3 heterocycles. The number of pyridine rings is 1. The number of hydrogen-bond donors (Lipinski definition) is 2. The Bertz CT molecular complexity index is 1130. The molecule has 1 atom stereocenters. The fourth-order valence-corrected chi connectivity index (χ4v) is 3.65. The van der Waals surface area contributed by atoms with Crippen LogP contribution >= 0.6 is 0 Å². The standard InChI is InChI=1S/C24H25N3O3/c1-24(2,3)17-6-4-15(5-7-17)20(12-18-8-11-22(28)26-18)21-10-9-19(23(29)27-21)16-13-25-30-14-16/h4-7,9-10,12-14,18H,8,11H2,1-3H3,(H,26,28)(H,27,29)/b20-12+/t18-/m1/s1. The van der Waals surface area contributed by atoms with Crippen molar-refractivity contribution in [2.45, 2.75) is 45.1 Å². The number of hydrogen-bond acceptors (Lipinski definition) is 4. The quantitative estimate of drug-likeness (QED) is 0.688. The van der Waals surface area contributed by atoms with Crippen molar-refractivity contribution in [3.63, 3.8) is 0 Å². The highest BCUT2D eigenvalue weighted by Crippen LogP contribution is 2.28. The third kappa shape index (κ3) is 4.13. The Kier molecular flexibility index (Phi) is 5.16. The zero-order valence-electron chi connectivity index (χ0n) is 17.4. The highest BCUT2D eigenvalue weighted by atomic mass is 16.5. The molecule has 6 nitrogen and oxygen atoms in total. The monoisotopic (exact) mass is 403 g/mol. The maximum atomic E-state index is 12.7. The molecule has 0 bridgehead atoms. The van der Waals surface area contributed by atoms with Crippen molar-refractivity contribution < 1.29 is 9.32 Å². The molecule has 154 valence electrons. The summed E-state index contributed by atoms with van der Waals surface area (Å²) in [6.45, 7) is 6.52. The lowest BCUT2D eigenvalue weighted by Gasteiger charge is -2.20. The molecule has 0 saturated carbocycles. The van der Waals surface area contributed by atoms with Gasteiger partial charge in [0.1, 0.15) is 6.26 Å². The molecule has 1 aliphatic heterocycles. The summed E-state index contributed by atoms with van der Waals surface area (Å²) in [7, 11) is 0. The fourth-order valence-electron chi connectivity index (χ4n) is 3.65. The van der Waals surface area contributed by atoms with E-state index < -0.39 is 0 Å². The number of benzene rings is 1. The van der Waals surface area contributed by atoms with Gasteiger partial charge in [-0.05, 0) is 35.1 Å². The van der Waals surface area contributed by atoms with Crippen LogP contribution in [-0.4, -0.2) is 22.1 Å². The molecule has 2 aromatic heterocycles. The maximum absolute atomic E-state index is 12.7. The van der Waals surface area contributed by atoms with Gasteiger partial charge < -0.3 is 14.8 Å². The fraction of sp³-hybridized carbons (Fsp3) is 0.292. The van der Waals surface area contributed by atoms with Crippen LogP contribution in [0.1, 0.15) is 50.4 Å². The summed E-state index contributed by atoms with van der Waals surface area (Å²) < 4.78 is 4.85. The van der Waals surface area contributed by atoms with Crippen molar-refractivity contribution in [1.29, 1.82) is 0 Å². The molecule has 1 fully saturated rings. The second-order valence-corrected chi connectivity index (χ2v) is 8.65. The lowest BCUT2D eigenvalue weighted by Crippen LogP contribution is -2.23. The van der Waals surface area contributed by atoms with Gasteiger partial charge in [-0.1, -0.05) is 56.3 Å². The molecule has 0 radical (unpaired) electrons. The third-order valence-electron chi connectivity index (χ3n) is 5.40. The van der Waals surface area contributed by atoms with Crippen molar-refractivity contribution in [1.82, 2.24) is 15.5 Å². The van der Waals surface area contributed by atoms with Gasteiger partial charge in [-0.2, -0.15) is 0 Å². The van der Waals surface area contributed by atoms with Crippen molar-refractivity contribution in [3.05, 3.63) is 82.1 Å². The van der Waals surface area contributed by atoms with Gasteiger partial charge in [0.2, 0.25) is 5.91 Å². The Morgan fingerprint density at radius 1 is 1.13 bits per heavy atom. The van der Waals surface area contributed by atoms with Crippen LogP contribution in [-0.2, 0) is 10.2 Å². The number of aromatic amines is 1. The maximum Gasteiger partial charge on any atom is 0.256 e. The van der Waals surface area contributed by atoms with E-state index in [-0.39, 0.29) is 22.9 Å². The Hall–Kier alpha value is -3.41. The first-order valence-electron chi connectivity index (χ1n) is 10.1. The normalized spacial score (nSPS) is 17.2. The minimum atomic E-state index is -0.219. The van der Waals surface area contributed by atoms with Crippen LogP contribution in [0.2, 0.25) is 0 Å². The lowest BCUT2D eigenvalue weighted by molar-refractivity contribution is -0.119. The van der Waals surface area contributed by atoms with E-state index >= 15 is 0 Å². The molecule has 1 amide bonds. The van der Waals surface area contributed by atoms with E-state index in [0.717, 1.165) is 17.6 Å². The van der Waals surface area contributed by atoms with E-state index in [1.807, 2.05) is 12.1 Å². The molecular weight excluding hydrogens is 378 g/mol. The first-order chi connectivity index (χ1) is 14.3. The average Bonchev–Trinajstić information content (AvgIpc) is 3.37. The van der Waals surface area contributed by atoms with Gasteiger partial charge in [-0.25, -0.2) is 0 Å².